The summed E-state index contributed by atoms with van der Waals surface area (Å²) in [5.74, 6) is 0. The van der Waals surface area contributed by atoms with Crippen LogP contribution in [0.3, 0.4) is 0 Å². The monoisotopic (exact) mass is 385 g/mol. The molecule has 1 nitrogen and oxygen atoms in total. The van der Waals surface area contributed by atoms with Crippen LogP contribution in [0.4, 0.5) is 0 Å². The van der Waals surface area contributed by atoms with E-state index in [4.69, 9.17) is 0 Å². The lowest BCUT2D eigenvalue weighted by Gasteiger charge is -2.07. The fourth-order valence-corrected chi connectivity index (χ4v) is 3.32. The number of nitrogens with one attached hydrogen (secondary N) is 1. The van der Waals surface area contributed by atoms with Crippen LogP contribution in [0, 0.1) is 0 Å². The maximum atomic E-state index is 3.63. The zero-order valence-electron chi connectivity index (χ0n) is 9.91. The predicted molar refractivity (Wildman–Crippen MR) is 85.2 cm³/mol. The first-order chi connectivity index (χ1) is 8.69. The largest absolute Gasteiger partial charge is 0.316 e. The van der Waals surface area contributed by atoms with Gasteiger partial charge in [0.15, 0.2) is 0 Å². The number of benzene rings is 2. The molecule has 4 heteroatoms. The quantitative estimate of drug-likeness (QED) is 0.785. The molecule has 0 saturated carbocycles. The second kappa shape index (κ2) is 6.75. The van der Waals surface area contributed by atoms with Crippen molar-refractivity contribution in [3.8, 4) is 0 Å². The van der Waals surface area contributed by atoms with Crippen LogP contribution in [0.5, 0.6) is 0 Å². The Hall–Kier alpha value is -0.290. The number of halogens is 2. The minimum absolute atomic E-state index is 0.891. The SMILES string of the molecule is CNCc1ccc(Sc2ccc(Br)cc2)c(Br)c1. The summed E-state index contributed by atoms with van der Waals surface area (Å²) in [6.07, 6.45) is 0. The molecule has 0 unspecified atom stereocenters. The summed E-state index contributed by atoms with van der Waals surface area (Å²) in [7, 11) is 1.96. The van der Waals surface area contributed by atoms with Crippen molar-refractivity contribution in [2.45, 2.75) is 16.3 Å². The second-order valence-corrected chi connectivity index (χ2v) is 6.74. The molecule has 0 aromatic heterocycles. The number of rotatable bonds is 4. The Morgan fingerprint density at radius 2 is 1.78 bits per heavy atom. The van der Waals surface area contributed by atoms with Gasteiger partial charge in [-0.1, -0.05) is 33.8 Å². The third-order valence-electron chi connectivity index (χ3n) is 2.42. The topological polar surface area (TPSA) is 12.0 Å². The van der Waals surface area contributed by atoms with Crippen LogP contribution in [0.2, 0.25) is 0 Å². The Labute approximate surface area is 129 Å². The van der Waals surface area contributed by atoms with E-state index in [0.29, 0.717) is 0 Å². The molecule has 0 saturated heterocycles. The highest BCUT2D eigenvalue weighted by Crippen LogP contribution is 2.34. The molecule has 0 spiro atoms. The minimum Gasteiger partial charge on any atom is -0.316 e. The first-order valence-electron chi connectivity index (χ1n) is 5.55. The van der Waals surface area contributed by atoms with Crippen molar-refractivity contribution in [1.29, 1.82) is 0 Å². The summed E-state index contributed by atoms with van der Waals surface area (Å²) < 4.78 is 2.25. The molecule has 2 aromatic carbocycles. The van der Waals surface area contributed by atoms with Crippen LogP contribution in [0.15, 0.2) is 61.2 Å². The molecule has 0 radical (unpaired) electrons. The maximum Gasteiger partial charge on any atom is 0.0318 e. The Bertz CT molecular complexity index is 526. The highest BCUT2D eigenvalue weighted by Gasteiger charge is 2.03. The normalized spacial score (nSPS) is 10.6. The van der Waals surface area contributed by atoms with E-state index in [-0.39, 0.29) is 0 Å². The van der Waals surface area contributed by atoms with E-state index in [2.05, 4.69) is 79.6 Å². The Balaban J connectivity index is 2.16. The van der Waals surface area contributed by atoms with Crippen molar-refractivity contribution < 1.29 is 0 Å². The van der Waals surface area contributed by atoms with Crippen molar-refractivity contribution in [3.63, 3.8) is 0 Å². The first-order valence-corrected chi connectivity index (χ1v) is 7.96. The molecule has 0 aliphatic carbocycles. The molecule has 2 rings (SSSR count). The molecule has 0 amide bonds. The molecule has 0 aliphatic heterocycles. The molecular weight excluding hydrogens is 374 g/mol. The number of hydrogen-bond donors (Lipinski definition) is 1. The van der Waals surface area contributed by atoms with Crippen molar-refractivity contribution >= 4 is 43.6 Å². The van der Waals surface area contributed by atoms with Crippen LogP contribution in [-0.4, -0.2) is 7.05 Å². The molecule has 94 valence electrons. The van der Waals surface area contributed by atoms with E-state index in [1.807, 2.05) is 7.05 Å². The molecule has 1 N–H and O–H groups in total. The van der Waals surface area contributed by atoms with E-state index in [0.717, 1.165) is 15.5 Å². The van der Waals surface area contributed by atoms with Gasteiger partial charge in [-0.15, -0.1) is 0 Å². The van der Waals surface area contributed by atoms with Gasteiger partial charge in [-0.25, -0.2) is 0 Å². The standard InChI is InChI=1S/C14H13Br2NS/c1-17-9-10-2-7-14(13(16)8-10)18-12-5-3-11(15)4-6-12/h2-8,17H,9H2,1H3. The molecule has 2 aromatic rings. The Kier molecular flexibility index (Phi) is 5.30. The molecule has 0 aliphatic rings. The summed E-state index contributed by atoms with van der Waals surface area (Å²) in [6.45, 7) is 0.891. The van der Waals surface area contributed by atoms with Gasteiger partial charge in [-0.2, -0.15) is 0 Å². The lowest BCUT2D eigenvalue weighted by Crippen LogP contribution is -2.04. The van der Waals surface area contributed by atoms with Crippen LogP contribution in [-0.2, 0) is 6.54 Å². The average Bonchev–Trinajstić information content (AvgIpc) is 2.36. The molecule has 18 heavy (non-hydrogen) atoms. The third kappa shape index (κ3) is 3.85. The van der Waals surface area contributed by atoms with Crippen LogP contribution in [0.1, 0.15) is 5.56 Å². The van der Waals surface area contributed by atoms with Crippen molar-refractivity contribution in [2.24, 2.45) is 0 Å². The minimum atomic E-state index is 0.891. The van der Waals surface area contributed by atoms with Gasteiger partial charge in [0.05, 0.1) is 0 Å². The highest BCUT2D eigenvalue weighted by molar-refractivity contribution is 9.10. The van der Waals surface area contributed by atoms with Gasteiger partial charge in [0.2, 0.25) is 0 Å². The van der Waals surface area contributed by atoms with Gasteiger partial charge >= 0.3 is 0 Å². The average molecular weight is 387 g/mol. The molecular formula is C14H13Br2NS. The van der Waals surface area contributed by atoms with Crippen LogP contribution < -0.4 is 5.32 Å². The van der Waals surface area contributed by atoms with E-state index in [9.17, 15) is 0 Å². The van der Waals surface area contributed by atoms with Crippen molar-refractivity contribution in [3.05, 3.63) is 57.0 Å². The summed E-state index contributed by atoms with van der Waals surface area (Å²) in [4.78, 5) is 2.47. The molecule has 0 atom stereocenters. The second-order valence-electron chi connectivity index (χ2n) is 3.85. The smallest absolute Gasteiger partial charge is 0.0318 e. The van der Waals surface area contributed by atoms with Gasteiger partial charge in [0, 0.05) is 25.3 Å². The number of hydrogen-bond acceptors (Lipinski definition) is 2. The third-order valence-corrected chi connectivity index (χ3v) is 4.95. The summed E-state index contributed by atoms with van der Waals surface area (Å²) >= 11 is 8.84. The van der Waals surface area contributed by atoms with Gasteiger partial charge in [-0.3, -0.25) is 0 Å². The van der Waals surface area contributed by atoms with Crippen molar-refractivity contribution in [2.75, 3.05) is 7.05 Å². The van der Waals surface area contributed by atoms with Crippen LogP contribution >= 0.6 is 43.6 Å². The predicted octanol–water partition coefficient (Wildman–Crippen LogP) is 5.08. The van der Waals surface area contributed by atoms with E-state index in [1.54, 1.807) is 11.8 Å². The summed E-state index contributed by atoms with van der Waals surface area (Å²) in [6, 6.07) is 14.8. The first kappa shape index (κ1) is 14.1. The zero-order valence-corrected chi connectivity index (χ0v) is 13.9. The fourth-order valence-electron chi connectivity index (χ4n) is 1.57. The van der Waals surface area contributed by atoms with E-state index in [1.165, 1.54) is 15.4 Å². The Morgan fingerprint density at radius 3 is 2.39 bits per heavy atom. The molecule has 0 fully saturated rings. The van der Waals surface area contributed by atoms with E-state index < -0.39 is 0 Å². The van der Waals surface area contributed by atoms with Gasteiger partial charge in [0.1, 0.15) is 0 Å². The lowest BCUT2D eigenvalue weighted by atomic mass is 10.2. The van der Waals surface area contributed by atoms with Gasteiger partial charge in [0.25, 0.3) is 0 Å². The summed E-state index contributed by atoms with van der Waals surface area (Å²) in [5, 5.41) is 3.15. The fraction of sp³-hybridized carbons (Fsp3) is 0.143. The molecule has 0 heterocycles. The molecule has 0 bridgehead atoms. The highest BCUT2D eigenvalue weighted by atomic mass is 79.9. The maximum absolute atomic E-state index is 3.63. The van der Waals surface area contributed by atoms with Crippen molar-refractivity contribution in [1.82, 2.24) is 5.32 Å². The zero-order chi connectivity index (χ0) is 13.0. The van der Waals surface area contributed by atoms with Crippen LogP contribution in [0.25, 0.3) is 0 Å². The summed E-state index contributed by atoms with van der Waals surface area (Å²) in [5.41, 5.74) is 1.28. The van der Waals surface area contributed by atoms with E-state index >= 15 is 0 Å². The lowest BCUT2D eigenvalue weighted by molar-refractivity contribution is 0.816. The van der Waals surface area contributed by atoms with Gasteiger partial charge < -0.3 is 5.32 Å². The van der Waals surface area contributed by atoms with Gasteiger partial charge in [-0.05, 0) is 64.9 Å². The Morgan fingerprint density at radius 1 is 1.06 bits per heavy atom.